The number of hydrogen-bond donors (Lipinski definition) is 1. The van der Waals surface area contributed by atoms with Crippen LogP contribution in [0.5, 0.6) is 5.75 Å². The van der Waals surface area contributed by atoms with Crippen LogP contribution in [0.4, 0.5) is 11.4 Å². The van der Waals surface area contributed by atoms with Gasteiger partial charge in [0.2, 0.25) is 5.91 Å². The third-order valence-electron chi connectivity index (χ3n) is 5.26. The number of sulfonamides is 1. The first kappa shape index (κ1) is 25.8. The van der Waals surface area contributed by atoms with Gasteiger partial charge in [0.15, 0.2) is 0 Å². The number of hydrogen-bond acceptors (Lipinski definition) is 6. The maximum absolute atomic E-state index is 13.5. The molecule has 0 fully saturated rings. The Morgan fingerprint density at radius 3 is 2.20 bits per heavy atom. The van der Waals surface area contributed by atoms with Gasteiger partial charge in [0.1, 0.15) is 12.3 Å². The van der Waals surface area contributed by atoms with Gasteiger partial charge >= 0.3 is 5.97 Å². The van der Waals surface area contributed by atoms with Gasteiger partial charge in [-0.3, -0.25) is 9.10 Å². The standard InChI is InChI=1S/C26H28N2O6S/c1-5-34-22-12-10-21(11-13-22)28(35(31,32)23-14-6-18(2)7-15-23)17-25(29)27-24-16-20(26(30)33-4)9-8-19(24)3/h6-16H,5,17H2,1-4H3,(H,27,29). The number of benzene rings is 3. The molecule has 0 atom stereocenters. The molecule has 1 N–H and O–H groups in total. The molecule has 0 radical (unpaired) electrons. The number of ether oxygens (including phenoxy) is 2. The molecule has 0 aromatic heterocycles. The van der Waals surface area contributed by atoms with Crippen LogP contribution >= 0.6 is 0 Å². The lowest BCUT2D eigenvalue weighted by Gasteiger charge is -2.24. The maximum atomic E-state index is 13.5. The molecular weight excluding hydrogens is 468 g/mol. The summed E-state index contributed by atoms with van der Waals surface area (Å²) in [5.74, 6) is -0.526. The van der Waals surface area contributed by atoms with Crippen LogP contribution in [-0.4, -0.2) is 40.6 Å². The van der Waals surface area contributed by atoms with Crippen molar-refractivity contribution in [2.75, 3.05) is 29.9 Å². The van der Waals surface area contributed by atoms with Gasteiger partial charge in [-0.05, 0) is 74.9 Å². The molecule has 35 heavy (non-hydrogen) atoms. The largest absolute Gasteiger partial charge is 0.494 e. The Balaban J connectivity index is 1.94. The number of carbonyl (C=O) groups excluding carboxylic acids is 2. The molecule has 0 saturated carbocycles. The fraction of sp³-hybridized carbons (Fsp3) is 0.231. The van der Waals surface area contributed by atoms with Crippen LogP contribution in [0.15, 0.2) is 71.6 Å². The SMILES string of the molecule is CCOc1ccc(N(CC(=O)Nc2cc(C(=O)OC)ccc2C)S(=O)(=O)c2ccc(C)cc2)cc1. The number of anilines is 2. The molecule has 0 bridgehead atoms. The highest BCUT2D eigenvalue weighted by atomic mass is 32.2. The smallest absolute Gasteiger partial charge is 0.337 e. The molecule has 0 heterocycles. The van der Waals surface area contributed by atoms with Gasteiger partial charge in [0.05, 0.1) is 29.9 Å². The van der Waals surface area contributed by atoms with Crippen molar-refractivity contribution < 1.29 is 27.5 Å². The highest BCUT2D eigenvalue weighted by molar-refractivity contribution is 7.92. The topological polar surface area (TPSA) is 102 Å². The van der Waals surface area contributed by atoms with Crippen LogP contribution in [-0.2, 0) is 19.6 Å². The number of esters is 1. The number of nitrogens with zero attached hydrogens (tertiary/aromatic N) is 1. The van der Waals surface area contributed by atoms with E-state index in [1.54, 1.807) is 55.5 Å². The Labute approximate surface area is 205 Å². The van der Waals surface area contributed by atoms with Crippen molar-refractivity contribution in [3.05, 3.63) is 83.4 Å². The second kappa shape index (κ2) is 11.1. The quantitative estimate of drug-likeness (QED) is 0.443. The summed E-state index contributed by atoms with van der Waals surface area (Å²) in [6.45, 7) is 5.47. The Hall–Kier alpha value is -3.85. The van der Waals surface area contributed by atoms with Crippen LogP contribution in [0, 0.1) is 13.8 Å². The Morgan fingerprint density at radius 1 is 0.943 bits per heavy atom. The third kappa shape index (κ3) is 6.19. The van der Waals surface area contributed by atoms with Gasteiger partial charge in [0, 0.05) is 5.69 Å². The monoisotopic (exact) mass is 496 g/mol. The number of carbonyl (C=O) groups is 2. The number of rotatable bonds is 9. The van der Waals surface area contributed by atoms with E-state index in [9.17, 15) is 18.0 Å². The predicted octanol–water partition coefficient (Wildman–Crippen LogP) is 4.32. The molecule has 0 unspecified atom stereocenters. The highest BCUT2D eigenvalue weighted by Crippen LogP contribution is 2.27. The predicted molar refractivity (Wildman–Crippen MR) is 134 cm³/mol. The Morgan fingerprint density at radius 2 is 1.60 bits per heavy atom. The van der Waals surface area contributed by atoms with Gasteiger partial charge in [-0.25, -0.2) is 13.2 Å². The average Bonchev–Trinajstić information content (AvgIpc) is 2.84. The zero-order valence-electron chi connectivity index (χ0n) is 20.1. The molecule has 184 valence electrons. The molecule has 0 aliphatic heterocycles. The summed E-state index contributed by atoms with van der Waals surface area (Å²) < 4.78 is 38.3. The van der Waals surface area contributed by atoms with Crippen molar-refractivity contribution in [1.29, 1.82) is 0 Å². The summed E-state index contributed by atoms with van der Waals surface area (Å²) >= 11 is 0. The van der Waals surface area contributed by atoms with E-state index in [2.05, 4.69) is 5.32 Å². The molecule has 3 rings (SSSR count). The van der Waals surface area contributed by atoms with Crippen LogP contribution < -0.4 is 14.4 Å². The first-order valence-corrected chi connectivity index (χ1v) is 12.4. The first-order chi connectivity index (χ1) is 16.6. The van der Waals surface area contributed by atoms with Crippen molar-refractivity contribution in [3.63, 3.8) is 0 Å². The Bertz CT molecular complexity index is 1300. The van der Waals surface area contributed by atoms with Gasteiger partial charge in [-0.2, -0.15) is 0 Å². The minimum Gasteiger partial charge on any atom is -0.494 e. The van der Waals surface area contributed by atoms with Crippen LogP contribution in [0.1, 0.15) is 28.4 Å². The molecule has 0 aliphatic carbocycles. The van der Waals surface area contributed by atoms with Gasteiger partial charge in [-0.15, -0.1) is 0 Å². The fourth-order valence-corrected chi connectivity index (χ4v) is 4.77. The third-order valence-corrected chi connectivity index (χ3v) is 7.05. The second-order valence-corrected chi connectivity index (χ2v) is 9.68. The van der Waals surface area contributed by atoms with E-state index in [4.69, 9.17) is 9.47 Å². The lowest BCUT2D eigenvalue weighted by molar-refractivity contribution is -0.114. The van der Waals surface area contributed by atoms with Crippen LogP contribution in [0.2, 0.25) is 0 Å². The lowest BCUT2D eigenvalue weighted by atomic mass is 10.1. The molecule has 0 aliphatic rings. The zero-order chi connectivity index (χ0) is 25.6. The number of amides is 1. The molecule has 9 heteroatoms. The molecule has 1 amide bonds. The van der Waals surface area contributed by atoms with Gasteiger partial charge < -0.3 is 14.8 Å². The normalized spacial score (nSPS) is 11.0. The summed E-state index contributed by atoms with van der Waals surface area (Å²) in [4.78, 5) is 25.0. The highest BCUT2D eigenvalue weighted by Gasteiger charge is 2.27. The van der Waals surface area contributed by atoms with E-state index in [1.165, 1.54) is 25.3 Å². The summed E-state index contributed by atoms with van der Waals surface area (Å²) in [5.41, 5.74) is 2.58. The number of aryl methyl sites for hydroxylation is 2. The molecule has 0 saturated heterocycles. The summed E-state index contributed by atoms with van der Waals surface area (Å²) in [6, 6.07) is 17.7. The van der Waals surface area contributed by atoms with Crippen LogP contribution in [0.25, 0.3) is 0 Å². The second-order valence-electron chi connectivity index (χ2n) is 7.82. The van der Waals surface area contributed by atoms with Crippen molar-refractivity contribution in [3.8, 4) is 5.75 Å². The minimum atomic E-state index is -4.06. The molecule has 3 aromatic rings. The lowest BCUT2D eigenvalue weighted by Crippen LogP contribution is -2.38. The minimum absolute atomic E-state index is 0.0636. The molecule has 8 nitrogen and oxygen atoms in total. The average molecular weight is 497 g/mol. The molecule has 3 aromatic carbocycles. The molecular formula is C26H28N2O6S. The van der Waals surface area contributed by atoms with Crippen molar-refractivity contribution in [2.45, 2.75) is 25.7 Å². The van der Waals surface area contributed by atoms with Crippen molar-refractivity contribution >= 4 is 33.3 Å². The zero-order valence-corrected chi connectivity index (χ0v) is 20.9. The van der Waals surface area contributed by atoms with Crippen molar-refractivity contribution in [1.82, 2.24) is 0 Å². The van der Waals surface area contributed by atoms with E-state index >= 15 is 0 Å². The van der Waals surface area contributed by atoms with E-state index in [0.717, 1.165) is 9.87 Å². The summed E-state index contributed by atoms with van der Waals surface area (Å²) in [7, 11) is -2.79. The van der Waals surface area contributed by atoms with Gasteiger partial charge in [-0.1, -0.05) is 23.8 Å². The number of nitrogens with one attached hydrogen (secondary N) is 1. The van der Waals surface area contributed by atoms with E-state index in [0.29, 0.717) is 29.3 Å². The summed E-state index contributed by atoms with van der Waals surface area (Å²) in [6.07, 6.45) is 0. The summed E-state index contributed by atoms with van der Waals surface area (Å²) in [5, 5.41) is 2.72. The van der Waals surface area contributed by atoms with E-state index < -0.39 is 28.4 Å². The molecule has 0 spiro atoms. The van der Waals surface area contributed by atoms with E-state index in [-0.39, 0.29) is 10.5 Å². The maximum Gasteiger partial charge on any atom is 0.337 e. The fourth-order valence-electron chi connectivity index (χ4n) is 3.35. The Kier molecular flexibility index (Phi) is 8.14. The van der Waals surface area contributed by atoms with Gasteiger partial charge in [0.25, 0.3) is 10.0 Å². The first-order valence-electron chi connectivity index (χ1n) is 11.0. The van der Waals surface area contributed by atoms with Crippen LogP contribution in [0.3, 0.4) is 0 Å². The van der Waals surface area contributed by atoms with Crippen molar-refractivity contribution in [2.24, 2.45) is 0 Å². The number of methoxy groups -OCH3 is 1. The van der Waals surface area contributed by atoms with E-state index in [1.807, 2.05) is 13.8 Å².